The highest BCUT2D eigenvalue weighted by molar-refractivity contribution is 6.30. The molecular formula is C16H24ClNO. The van der Waals surface area contributed by atoms with Crippen molar-refractivity contribution in [2.24, 2.45) is 11.8 Å². The lowest BCUT2D eigenvalue weighted by molar-refractivity contribution is 0.146. The fourth-order valence-corrected chi connectivity index (χ4v) is 2.70. The quantitative estimate of drug-likeness (QED) is 0.814. The molecule has 1 saturated carbocycles. The molecule has 106 valence electrons. The highest BCUT2D eigenvalue weighted by Crippen LogP contribution is 2.35. The molecule has 0 saturated heterocycles. The van der Waals surface area contributed by atoms with Crippen molar-refractivity contribution in [1.29, 1.82) is 0 Å². The third-order valence-electron chi connectivity index (χ3n) is 3.83. The molecule has 1 N–H and O–H groups in total. The smallest absolute Gasteiger partial charge is 0.0618 e. The lowest BCUT2D eigenvalue weighted by atomic mass is 9.94. The number of methoxy groups -OCH3 is 1. The van der Waals surface area contributed by atoms with Crippen LogP contribution in [-0.2, 0) is 4.74 Å². The first-order valence-electron chi connectivity index (χ1n) is 7.12. The summed E-state index contributed by atoms with van der Waals surface area (Å²) in [6.45, 7) is 5.30. The van der Waals surface area contributed by atoms with Crippen LogP contribution in [0.25, 0.3) is 0 Å². The fourth-order valence-electron chi connectivity index (χ4n) is 2.57. The van der Waals surface area contributed by atoms with Crippen LogP contribution in [0.3, 0.4) is 0 Å². The highest BCUT2D eigenvalue weighted by atomic mass is 35.5. The summed E-state index contributed by atoms with van der Waals surface area (Å²) in [6, 6.07) is 9.01. The number of nitrogens with one attached hydrogen (secondary N) is 1. The Labute approximate surface area is 121 Å². The Morgan fingerprint density at radius 1 is 1.26 bits per heavy atom. The van der Waals surface area contributed by atoms with Crippen LogP contribution in [0.15, 0.2) is 24.3 Å². The standard InChI is InChI=1S/C16H24ClNO/c1-11(2)16(13-6-8-14(17)9-7-13)18-15(10-19-3)12-4-5-12/h6-9,11-12,15-16,18H,4-5,10H2,1-3H3. The van der Waals surface area contributed by atoms with Crippen LogP contribution in [0.4, 0.5) is 0 Å². The van der Waals surface area contributed by atoms with Crippen LogP contribution in [0.2, 0.25) is 5.02 Å². The number of benzene rings is 1. The maximum absolute atomic E-state index is 5.97. The van der Waals surface area contributed by atoms with Gasteiger partial charge in [0.15, 0.2) is 0 Å². The molecule has 0 heterocycles. The van der Waals surface area contributed by atoms with Crippen LogP contribution in [-0.4, -0.2) is 19.8 Å². The van der Waals surface area contributed by atoms with E-state index in [1.165, 1.54) is 18.4 Å². The average Bonchev–Trinajstić information content (AvgIpc) is 3.19. The van der Waals surface area contributed by atoms with Gasteiger partial charge in [0.1, 0.15) is 0 Å². The van der Waals surface area contributed by atoms with E-state index in [1.807, 2.05) is 12.1 Å². The number of halogens is 1. The predicted octanol–water partition coefficient (Wildman–Crippen LogP) is 4.05. The van der Waals surface area contributed by atoms with Crippen molar-refractivity contribution in [1.82, 2.24) is 5.32 Å². The molecule has 0 amide bonds. The number of hydrogen-bond donors (Lipinski definition) is 1. The fraction of sp³-hybridized carbons (Fsp3) is 0.625. The first-order valence-corrected chi connectivity index (χ1v) is 7.50. The van der Waals surface area contributed by atoms with E-state index in [9.17, 15) is 0 Å². The van der Waals surface area contributed by atoms with E-state index in [2.05, 4.69) is 31.3 Å². The minimum atomic E-state index is 0.359. The lowest BCUT2D eigenvalue weighted by Crippen LogP contribution is -2.39. The summed E-state index contributed by atoms with van der Waals surface area (Å²) >= 11 is 5.97. The van der Waals surface area contributed by atoms with Crippen LogP contribution in [0.1, 0.15) is 38.3 Å². The Morgan fingerprint density at radius 3 is 2.37 bits per heavy atom. The topological polar surface area (TPSA) is 21.3 Å². The molecule has 1 aromatic carbocycles. The van der Waals surface area contributed by atoms with E-state index in [1.54, 1.807) is 7.11 Å². The van der Waals surface area contributed by atoms with E-state index in [4.69, 9.17) is 16.3 Å². The number of hydrogen-bond acceptors (Lipinski definition) is 2. The van der Waals surface area contributed by atoms with Crippen LogP contribution in [0, 0.1) is 11.8 Å². The van der Waals surface area contributed by atoms with Gasteiger partial charge in [-0.3, -0.25) is 0 Å². The maximum atomic E-state index is 5.97. The van der Waals surface area contributed by atoms with Crippen molar-refractivity contribution in [3.63, 3.8) is 0 Å². The summed E-state index contributed by atoms with van der Waals surface area (Å²) in [6.07, 6.45) is 2.65. The van der Waals surface area contributed by atoms with Gasteiger partial charge in [-0.1, -0.05) is 37.6 Å². The second-order valence-corrected chi connectivity index (χ2v) is 6.28. The minimum Gasteiger partial charge on any atom is -0.383 e. The van der Waals surface area contributed by atoms with Gasteiger partial charge in [0.2, 0.25) is 0 Å². The first-order chi connectivity index (χ1) is 9.11. The van der Waals surface area contributed by atoms with Crippen molar-refractivity contribution < 1.29 is 4.74 Å². The highest BCUT2D eigenvalue weighted by Gasteiger charge is 2.33. The van der Waals surface area contributed by atoms with E-state index >= 15 is 0 Å². The Kier molecular flexibility index (Phi) is 5.26. The molecule has 2 unspecified atom stereocenters. The zero-order valence-electron chi connectivity index (χ0n) is 12.0. The lowest BCUT2D eigenvalue weighted by Gasteiger charge is -2.28. The minimum absolute atomic E-state index is 0.359. The molecular weight excluding hydrogens is 258 g/mol. The van der Waals surface area contributed by atoms with Gasteiger partial charge >= 0.3 is 0 Å². The number of ether oxygens (including phenoxy) is 1. The molecule has 3 heteroatoms. The Hall–Kier alpha value is -0.570. The molecule has 0 aliphatic heterocycles. The molecule has 1 fully saturated rings. The van der Waals surface area contributed by atoms with E-state index in [0.717, 1.165) is 17.5 Å². The van der Waals surface area contributed by atoms with Crippen molar-refractivity contribution >= 4 is 11.6 Å². The van der Waals surface area contributed by atoms with E-state index in [0.29, 0.717) is 18.0 Å². The Bertz CT molecular complexity index is 386. The normalized spacial score (nSPS) is 18.6. The van der Waals surface area contributed by atoms with E-state index in [-0.39, 0.29) is 0 Å². The van der Waals surface area contributed by atoms with Crippen LogP contribution in [0.5, 0.6) is 0 Å². The maximum Gasteiger partial charge on any atom is 0.0618 e. The predicted molar refractivity (Wildman–Crippen MR) is 80.6 cm³/mol. The van der Waals surface area contributed by atoms with Gasteiger partial charge in [-0.25, -0.2) is 0 Å². The second-order valence-electron chi connectivity index (χ2n) is 5.84. The molecule has 2 rings (SSSR count). The van der Waals surface area contributed by atoms with Gasteiger partial charge in [0, 0.05) is 24.2 Å². The van der Waals surface area contributed by atoms with Crippen molar-refractivity contribution in [2.45, 2.75) is 38.8 Å². The molecule has 0 spiro atoms. The molecule has 19 heavy (non-hydrogen) atoms. The molecule has 0 bridgehead atoms. The summed E-state index contributed by atoms with van der Waals surface area (Å²) in [7, 11) is 1.78. The zero-order valence-corrected chi connectivity index (χ0v) is 12.8. The van der Waals surface area contributed by atoms with E-state index < -0.39 is 0 Å². The molecule has 2 atom stereocenters. The molecule has 1 aliphatic rings. The summed E-state index contributed by atoms with van der Waals surface area (Å²) in [5.74, 6) is 1.33. The van der Waals surface area contributed by atoms with Gasteiger partial charge < -0.3 is 10.1 Å². The molecule has 0 radical (unpaired) electrons. The van der Waals surface area contributed by atoms with Gasteiger partial charge in [0.05, 0.1) is 6.61 Å². The van der Waals surface area contributed by atoms with Crippen molar-refractivity contribution in [3.05, 3.63) is 34.9 Å². The zero-order chi connectivity index (χ0) is 13.8. The molecule has 1 aliphatic carbocycles. The number of rotatable bonds is 7. The second kappa shape index (κ2) is 6.74. The first kappa shape index (κ1) is 14.8. The van der Waals surface area contributed by atoms with Crippen molar-refractivity contribution in [2.75, 3.05) is 13.7 Å². The SMILES string of the molecule is COCC(NC(c1ccc(Cl)cc1)C(C)C)C1CC1. The largest absolute Gasteiger partial charge is 0.383 e. The monoisotopic (exact) mass is 281 g/mol. The summed E-state index contributed by atoms with van der Waals surface area (Å²) in [4.78, 5) is 0. The Balaban J connectivity index is 2.08. The molecule has 2 nitrogen and oxygen atoms in total. The van der Waals surface area contributed by atoms with Gasteiger partial charge in [-0.05, 0) is 42.4 Å². The molecule has 0 aromatic heterocycles. The van der Waals surface area contributed by atoms with Gasteiger partial charge in [-0.2, -0.15) is 0 Å². The average molecular weight is 282 g/mol. The van der Waals surface area contributed by atoms with Crippen LogP contribution >= 0.6 is 11.6 Å². The third kappa shape index (κ3) is 4.20. The third-order valence-corrected chi connectivity index (χ3v) is 4.08. The summed E-state index contributed by atoms with van der Waals surface area (Å²) in [5.41, 5.74) is 1.31. The Morgan fingerprint density at radius 2 is 1.89 bits per heavy atom. The summed E-state index contributed by atoms with van der Waals surface area (Å²) < 4.78 is 5.36. The van der Waals surface area contributed by atoms with Gasteiger partial charge in [0.25, 0.3) is 0 Å². The summed E-state index contributed by atoms with van der Waals surface area (Å²) in [5, 5.41) is 4.58. The van der Waals surface area contributed by atoms with Crippen LogP contribution < -0.4 is 5.32 Å². The van der Waals surface area contributed by atoms with Gasteiger partial charge in [-0.15, -0.1) is 0 Å². The van der Waals surface area contributed by atoms with Crippen molar-refractivity contribution in [3.8, 4) is 0 Å². The molecule has 1 aromatic rings.